The lowest BCUT2D eigenvalue weighted by atomic mass is 9.94. The van der Waals surface area contributed by atoms with E-state index in [1.165, 1.54) is 11.1 Å². The third kappa shape index (κ3) is 2.97. The number of hydrogen-bond donors (Lipinski definition) is 3. The average molecular weight is 338 g/mol. The van der Waals surface area contributed by atoms with Gasteiger partial charge in [0.2, 0.25) is 0 Å². The SMILES string of the molecule is Cc1ccc2c(c1)nc(CNC(=O)N[C@H]1CCCc3cn[nH]c31)n2C. The zero-order chi connectivity index (χ0) is 17.4. The van der Waals surface area contributed by atoms with Crippen LogP contribution in [0.5, 0.6) is 0 Å². The lowest BCUT2D eigenvalue weighted by Crippen LogP contribution is -2.39. The van der Waals surface area contributed by atoms with Crippen molar-refractivity contribution in [2.75, 3.05) is 0 Å². The number of nitrogens with zero attached hydrogens (tertiary/aromatic N) is 3. The molecule has 2 heterocycles. The molecular weight excluding hydrogens is 316 g/mol. The molecule has 0 fully saturated rings. The summed E-state index contributed by atoms with van der Waals surface area (Å²) in [5.74, 6) is 0.835. The zero-order valence-corrected chi connectivity index (χ0v) is 14.5. The van der Waals surface area contributed by atoms with Gasteiger partial charge in [-0.2, -0.15) is 5.10 Å². The fraction of sp³-hybridized carbons (Fsp3) is 0.389. The Kier molecular flexibility index (Phi) is 3.91. The van der Waals surface area contributed by atoms with Gasteiger partial charge in [-0.1, -0.05) is 6.07 Å². The van der Waals surface area contributed by atoms with Gasteiger partial charge < -0.3 is 15.2 Å². The second-order valence-electron chi connectivity index (χ2n) is 6.66. The normalized spacial score (nSPS) is 16.6. The van der Waals surface area contributed by atoms with E-state index in [0.717, 1.165) is 41.8 Å². The highest BCUT2D eigenvalue weighted by Crippen LogP contribution is 2.27. The van der Waals surface area contributed by atoms with Gasteiger partial charge >= 0.3 is 6.03 Å². The van der Waals surface area contributed by atoms with Crippen LogP contribution in [0.25, 0.3) is 11.0 Å². The van der Waals surface area contributed by atoms with Crippen LogP contribution in [0.3, 0.4) is 0 Å². The second-order valence-corrected chi connectivity index (χ2v) is 6.66. The number of hydrogen-bond acceptors (Lipinski definition) is 3. The van der Waals surface area contributed by atoms with Crippen LogP contribution >= 0.6 is 0 Å². The first-order valence-corrected chi connectivity index (χ1v) is 8.60. The van der Waals surface area contributed by atoms with Crippen LogP contribution in [0.2, 0.25) is 0 Å². The predicted octanol–water partition coefficient (Wildman–Crippen LogP) is 2.48. The van der Waals surface area contributed by atoms with Gasteiger partial charge in [-0.05, 0) is 49.4 Å². The van der Waals surface area contributed by atoms with Crippen LogP contribution < -0.4 is 10.6 Å². The molecule has 2 aromatic heterocycles. The topological polar surface area (TPSA) is 87.6 Å². The number of carbonyl (C=O) groups excluding carboxylic acids is 1. The predicted molar refractivity (Wildman–Crippen MR) is 95.1 cm³/mol. The van der Waals surface area contributed by atoms with Crippen molar-refractivity contribution in [1.29, 1.82) is 0 Å². The smallest absolute Gasteiger partial charge is 0.315 e. The summed E-state index contributed by atoms with van der Waals surface area (Å²) in [6, 6.07) is 5.99. The van der Waals surface area contributed by atoms with Crippen LogP contribution in [0.4, 0.5) is 4.79 Å². The Bertz CT molecular complexity index is 925. The van der Waals surface area contributed by atoms with Crippen LogP contribution in [0, 0.1) is 6.92 Å². The maximum absolute atomic E-state index is 12.3. The molecule has 1 aromatic carbocycles. The Morgan fingerprint density at radius 1 is 1.44 bits per heavy atom. The summed E-state index contributed by atoms with van der Waals surface area (Å²) in [6.07, 6.45) is 4.85. The van der Waals surface area contributed by atoms with Gasteiger partial charge in [-0.3, -0.25) is 5.10 Å². The van der Waals surface area contributed by atoms with Gasteiger partial charge in [0.1, 0.15) is 5.82 Å². The standard InChI is InChI=1S/C18H22N6O/c1-11-6-7-15-14(8-11)21-16(24(15)2)10-19-18(25)22-13-5-3-4-12-9-20-23-17(12)13/h6-9,13H,3-5,10H2,1-2H3,(H,20,23)(H2,19,22,25)/t13-/m0/s1. The molecule has 3 N–H and O–H groups in total. The molecule has 0 spiro atoms. The molecule has 3 aromatic rings. The first-order chi connectivity index (χ1) is 12.1. The van der Waals surface area contributed by atoms with E-state index in [1.54, 1.807) is 0 Å². The maximum Gasteiger partial charge on any atom is 0.315 e. The minimum Gasteiger partial charge on any atom is -0.331 e. The van der Waals surface area contributed by atoms with E-state index in [2.05, 4.69) is 44.0 Å². The Balaban J connectivity index is 1.42. The van der Waals surface area contributed by atoms with Gasteiger partial charge in [-0.15, -0.1) is 0 Å². The Morgan fingerprint density at radius 3 is 3.20 bits per heavy atom. The van der Waals surface area contributed by atoms with Gasteiger partial charge in [0.15, 0.2) is 0 Å². The van der Waals surface area contributed by atoms with Crippen molar-refractivity contribution in [1.82, 2.24) is 30.4 Å². The molecule has 0 bridgehead atoms. The Labute approximate surface area is 145 Å². The van der Waals surface area contributed by atoms with Crippen LogP contribution in [0.1, 0.15) is 41.5 Å². The molecule has 0 unspecified atom stereocenters. The molecule has 7 nitrogen and oxygen atoms in total. The van der Waals surface area contributed by atoms with Crippen molar-refractivity contribution >= 4 is 17.1 Å². The number of aryl methyl sites for hydroxylation is 3. The lowest BCUT2D eigenvalue weighted by Gasteiger charge is -2.23. The highest BCUT2D eigenvalue weighted by molar-refractivity contribution is 5.77. The molecule has 7 heteroatoms. The maximum atomic E-state index is 12.3. The zero-order valence-electron chi connectivity index (χ0n) is 14.5. The highest BCUT2D eigenvalue weighted by Gasteiger charge is 2.23. The number of fused-ring (bicyclic) bond motifs is 2. The number of benzene rings is 1. The fourth-order valence-corrected chi connectivity index (χ4v) is 3.49. The van der Waals surface area contributed by atoms with Crippen molar-refractivity contribution in [3.63, 3.8) is 0 Å². The quantitative estimate of drug-likeness (QED) is 0.685. The number of aromatic nitrogens is 4. The molecule has 4 rings (SSSR count). The summed E-state index contributed by atoms with van der Waals surface area (Å²) in [6.45, 7) is 2.44. The summed E-state index contributed by atoms with van der Waals surface area (Å²) < 4.78 is 2.02. The molecule has 1 atom stereocenters. The summed E-state index contributed by atoms with van der Waals surface area (Å²) in [5, 5.41) is 13.1. The fourth-order valence-electron chi connectivity index (χ4n) is 3.49. The van der Waals surface area contributed by atoms with Crippen molar-refractivity contribution in [2.24, 2.45) is 7.05 Å². The van der Waals surface area contributed by atoms with E-state index in [-0.39, 0.29) is 12.1 Å². The molecule has 1 aliphatic rings. The molecule has 1 aliphatic carbocycles. The number of H-pyrrole nitrogens is 1. The van der Waals surface area contributed by atoms with Crippen molar-refractivity contribution in [2.45, 2.75) is 38.8 Å². The van der Waals surface area contributed by atoms with Gasteiger partial charge in [0, 0.05) is 7.05 Å². The lowest BCUT2D eigenvalue weighted by molar-refractivity contribution is 0.234. The Morgan fingerprint density at radius 2 is 2.32 bits per heavy atom. The first-order valence-electron chi connectivity index (χ1n) is 8.60. The number of amides is 2. The van der Waals surface area contributed by atoms with Gasteiger partial charge in [0.05, 0.1) is 35.5 Å². The van der Waals surface area contributed by atoms with E-state index in [9.17, 15) is 4.79 Å². The van der Waals surface area contributed by atoms with E-state index in [1.807, 2.05) is 24.7 Å². The first kappa shape index (κ1) is 15.7. The molecule has 25 heavy (non-hydrogen) atoms. The molecule has 0 aliphatic heterocycles. The molecule has 0 saturated carbocycles. The molecule has 0 saturated heterocycles. The van der Waals surface area contributed by atoms with E-state index >= 15 is 0 Å². The van der Waals surface area contributed by atoms with Crippen molar-refractivity contribution in [3.8, 4) is 0 Å². The van der Waals surface area contributed by atoms with E-state index in [4.69, 9.17) is 0 Å². The Hall–Kier alpha value is -2.83. The second kappa shape index (κ2) is 6.23. The van der Waals surface area contributed by atoms with Crippen LogP contribution in [-0.2, 0) is 20.0 Å². The molecule has 130 valence electrons. The van der Waals surface area contributed by atoms with Crippen LogP contribution in [-0.4, -0.2) is 25.8 Å². The molecular formula is C18H22N6O. The minimum atomic E-state index is -0.185. The van der Waals surface area contributed by atoms with Crippen LogP contribution in [0.15, 0.2) is 24.4 Å². The number of nitrogens with one attached hydrogen (secondary N) is 3. The third-order valence-corrected chi connectivity index (χ3v) is 4.88. The minimum absolute atomic E-state index is 0.00524. The number of urea groups is 1. The number of carbonyl (C=O) groups is 1. The molecule has 2 amide bonds. The summed E-state index contributed by atoms with van der Waals surface area (Å²) in [4.78, 5) is 16.9. The van der Waals surface area contributed by atoms with E-state index in [0.29, 0.717) is 6.54 Å². The summed E-state index contributed by atoms with van der Waals surface area (Å²) >= 11 is 0. The highest BCUT2D eigenvalue weighted by atomic mass is 16.2. The number of aromatic amines is 1. The molecule has 0 radical (unpaired) electrons. The largest absolute Gasteiger partial charge is 0.331 e. The number of imidazole rings is 1. The van der Waals surface area contributed by atoms with E-state index < -0.39 is 0 Å². The van der Waals surface area contributed by atoms with Gasteiger partial charge in [0.25, 0.3) is 0 Å². The number of rotatable bonds is 3. The van der Waals surface area contributed by atoms with Gasteiger partial charge in [-0.25, -0.2) is 9.78 Å². The van der Waals surface area contributed by atoms with Crippen molar-refractivity contribution < 1.29 is 4.79 Å². The summed E-state index contributed by atoms with van der Waals surface area (Å²) in [7, 11) is 1.97. The van der Waals surface area contributed by atoms with Crippen molar-refractivity contribution in [3.05, 3.63) is 47.0 Å². The average Bonchev–Trinajstić information content (AvgIpc) is 3.18. The monoisotopic (exact) mass is 338 g/mol. The third-order valence-electron chi connectivity index (χ3n) is 4.88. The summed E-state index contributed by atoms with van der Waals surface area (Å²) in [5.41, 5.74) is 5.42.